The Hall–Kier alpha value is -0.590. The molecule has 16 heavy (non-hydrogen) atoms. The maximum Gasteiger partial charge on any atom is 0.183 e. The minimum atomic E-state index is -3.31. The Morgan fingerprint density at radius 2 is 2.12 bits per heavy atom. The summed E-state index contributed by atoms with van der Waals surface area (Å²) in [5.74, 6) is 0.426. The van der Waals surface area contributed by atoms with Gasteiger partial charge in [-0.3, -0.25) is 0 Å². The van der Waals surface area contributed by atoms with Gasteiger partial charge in [-0.1, -0.05) is 15.9 Å². The van der Waals surface area contributed by atoms with Crippen molar-refractivity contribution in [2.45, 2.75) is 4.90 Å². The van der Waals surface area contributed by atoms with Gasteiger partial charge in [0.15, 0.2) is 9.84 Å². The lowest BCUT2D eigenvalue weighted by atomic mass is 10.3. The molecule has 0 saturated heterocycles. The molecule has 4 nitrogen and oxygen atoms in total. The van der Waals surface area contributed by atoms with E-state index in [0.717, 1.165) is 4.47 Å². The van der Waals surface area contributed by atoms with E-state index in [-0.39, 0.29) is 10.6 Å². The van der Waals surface area contributed by atoms with Crippen molar-refractivity contribution in [1.29, 1.82) is 0 Å². The fourth-order valence-electron chi connectivity index (χ4n) is 1.24. The van der Waals surface area contributed by atoms with Gasteiger partial charge in [0.25, 0.3) is 0 Å². The molecule has 0 radical (unpaired) electrons. The molecule has 0 aliphatic heterocycles. The van der Waals surface area contributed by atoms with E-state index in [1.165, 1.54) is 7.11 Å². The Labute approximate surface area is 104 Å². The number of methoxy groups -OCH3 is 1. The normalized spacial score (nSPS) is 11.4. The third-order valence-corrected chi connectivity index (χ3v) is 4.31. The summed E-state index contributed by atoms with van der Waals surface area (Å²) in [6.07, 6.45) is 0. The van der Waals surface area contributed by atoms with E-state index < -0.39 is 9.84 Å². The number of benzene rings is 1. The summed E-state index contributed by atoms with van der Waals surface area (Å²) in [4.78, 5) is 0.222. The minimum Gasteiger partial charge on any atom is -0.495 e. The summed E-state index contributed by atoms with van der Waals surface area (Å²) >= 11 is 3.25. The molecule has 1 N–H and O–H groups in total. The summed E-state index contributed by atoms with van der Waals surface area (Å²) in [7, 11) is -0.131. The fraction of sp³-hybridized carbons (Fsp3) is 0.400. The molecule has 1 aromatic carbocycles. The van der Waals surface area contributed by atoms with Crippen molar-refractivity contribution >= 4 is 25.8 Å². The second kappa shape index (κ2) is 5.65. The first-order chi connectivity index (χ1) is 7.51. The third kappa shape index (κ3) is 3.20. The lowest BCUT2D eigenvalue weighted by Crippen LogP contribution is -2.19. The lowest BCUT2D eigenvalue weighted by molar-refractivity contribution is 0.402. The van der Waals surface area contributed by atoms with Crippen LogP contribution in [0.15, 0.2) is 27.6 Å². The van der Waals surface area contributed by atoms with E-state index in [1.807, 2.05) is 0 Å². The van der Waals surface area contributed by atoms with Gasteiger partial charge in [0.05, 0.1) is 12.9 Å². The monoisotopic (exact) mass is 307 g/mol. The maximum atomic E-state index is 12.0. The molecular formula is C10H14BrNO3S. The van der Waals surface area contributed by atoms with Crippen LogP contribution in [-0.2, 0) is 9.84 Å². The van der Waals surface area contributed by atoms with Crippen LogP contribution in [0, 0.1) is 0 Å². The second-order valence-corrected chi connectivity index (χ2v) is 6.21. The molecule has 0 unspecified atom stereocenters. The smallest absolute Gasteiger partial charge is 0.183 e. The van der Waals surface area contributed by atoms with Crippen molar-refractivity contribution in [2.75, 3.05) is 26.5 Å². The molecular weight excluding hydrogens is 294 g/mol. The van der Waals surface area contributed by atoms with E-state index in [1.54, 1.807) is 25.2 Å². The maximum absolute atomic E-state index is 12.0. The molecule has 0 spiro atoms. The van der Waals surface area contributed by atoms with Gasteiger partial charge in [0, 0.05) is 11.0 Å². The predicted octanol–water partition coefficient (Wildman–Crippen LogP) is 1.45. The van der Waals surface area contributed by atoms with Crippen molar-refractivity contribution in [3.8, 4) is 5.75 Å². The Balaban J connectivity index is 3.15. The van der Waals surface area contributed by atoms with Crippen molar-refractivity contribution in [1.82, 2.24) is 5.32 Å². The first-order valence-electron chi connectivity index (χ1n) is 4.72. The zero-order chi connectivity index (χ0) is 12.2. The molecule has 0 aliphatic carbocycles. The SMILES string of the molecule is CNCCS(=O)(=O)c1cc(Br)ccc1OC. The van der Waals surface area contributed by atoms with Crippen molar-refractivity contribution in [3.05, 3.63) is 22.7 Å². The van der Waals surface area contributed by atoms with Gasteiger partial charge in [0.2, 0.25) is 0 Å². The summed E-state index contributed by atoms with van der Waals surface area (Å²) < 4.78 is 29.7. The van der Waals surface area contributed by atoms with Gasteiger partial charge in [-0.2, -0.15) is 0 Å². The van der Waals surface area contributed by atoms with Gasteiger partial charge in [-0.05, 0) is 25.2 Å². The average Bonchev–Trinajstić information content (AvgIpc) is 2.26. The number of rotatable bonds is 5. The van der Waals surface area contributed by atoms with Gasteiger partial charge < -0.3 is 10.1 Å². The third-order valence-electron chi connectivity index (χ3n) is 2.08. The number of halogens is 1. The van der Waals surface area contributed by atoms with Crippen LogP contribution < -0.4 is 10.1 Å². The number of sulfone groups is 1. The zero-order valence-electron chi connectivity index (χ0n) is 9.16. The van der Waals surface area contributed by atoms with Gasteiger partial charge in [-0.25, -0.2) is 8.42 Å². The number of ether oxygens (including phenoxy) is 1. The highest BCUT2D eigenvalue weighted by Gasteiger charge is 2.19. The Morgan fingerprint density at radius 3 is 2.69 bits per heavy atom. The standard InChI is InChI=1S/C10H14BrNO3S/c1-12-5-6-16(13,14)10-7-8(11)3-4-9(10)15-2/h3-4,7,12H,5-6H2,1-2H3. The highest BCUT2D eigenvalue weighted by atomic mass is 79.9. The minimum absolute atomic E-state index is 0.0519. The molecule has 0 heterocycles. The van der Waals surface area contributed by atoms with Crippen LogP contribution in [0.25, 0.3) is 0 Å². The highest BCUT2D eigenvalue weighted by molar-refractivity contribution is 9.10. The van der Waals surface area contributed by atoms with Crippen LogP contribution in [0.5, 0.6) is 5.75 Å². The van der Waals surface area contributed by atoms with Gasteiger partial charge >= 0.3 is 0 Å². The molecule has 0 aromatic heterocycles. The van der Waals surface area contributed by atoms with E-state index in [0.29, 0.717) is 12.3 Å². The highest BCUT2D eigenvalue weighted by Crippen LogP contribution is 2.27. The van der Waals surface area contributed by atoms with Crippen LogP contribution in [0.4, 0.5) is 0 Å². The molecule has 0 aliphatic rings. The molecule has 1 aromatic rings. The molecule has 90 valence electrons. The van der Waals surface area contributed by atoms with Gasteiger partial charge in [0.1, 0.15) is 10.6 Å². The summed E-state index contributed by atoms with van der Waals surface area (Å²) in [6, 6.07) is 4.94. The molecule has 6 heteroatoms. The largest absolute Gasteiger partial charge is 0.495 e. The first kappa shape index (κ1) is 13.5. The predicted molar refractivity (Wildman–Crippen MR) is 66.7 cm³/mol. The molecule has 0 atom stereocenters. The van der Waals surface area contributed by atoms with Crippen LogP contribution in [0.3, 0.4) is 0 Å². The summed E-state index contributed by atoms with van der Waals surface area (Å²) in [6.45, 7) is 0.415. The average molecular weight is 308 g/mol. The van der Waals surface area contributed by atoms with E-state index >= 15 is 0 Å². The molecule has 1 rings (SSSR count). The topological polar surface area (TPSA) is 55.4 Å². The van der Waals surface area contributed by atoms with Crippen molar-refractivity contribution in [2.24, 2.45) is 0 Å². The van der Waals surface area contributed by atoms with E-state index in [2.05, 4.69) is 21.2 Å². The van der Waals surface area contributed by atoms with Crippen LogP contribution in [0.1, 0.15) is 0 Å². The van der Waals surface area contributed by atoms with E-state index in [9.17, 15) is 8.42 Å². The zero-order valence-corrected chi connectivity index (χ0v) is 11.6. The van der Waals surface area contributed by atoms with Crippen LogP contribution in [-0.4, -0.2) is 34.9 Å². The number of nitrogens with one attached hydrogen (secondary N) is 1. The Bertz CT molecular complexity index is 459. The molecule has 0 bridgehead atoms. The molecule has 0 amide bonds. The molecule has 0 saturated carbocycles. The van der Waals surface area contributed by atoms with Crippen LogP contribution >= 0.6 is 15.9 Å². The fourth-order valence-corrected chi connectivity index (χ4v) is 3.21. The Kier molecular flexibility index (Phi) is 4.76. The first-order valence-corrected chi connectivity index (χ1v) is 7.16. The van der Waals surface area contributed by atoms with Crippen molar-refractivity contribution < 1.29 is 13.2 Å². The Morgan fingerprint density at radius 1 is 1.44 bits per heavy atom. The van der Waals surface area contributed by atoms with Crippen molar-refractivity contribution in [3.63, 3.8) is 0 Å². The number of hydrogen-bond donors (Lipinski definition) is 1. The quantitative estimate of drug-likeness (QED) is 0.894. The summed E-state index contributed by atoms with van der Waals surface area (Å²) in [5.41, 5.74) is 0. The van der Waals surface area contributed by atoms with Gasteiger partial charge in [-0.15, -0.1) is 0 Å². The van der Waals surface area contributed by atoms with Crippen LogP contribution in [0.2, 0.25) is 0 Å². The summed E-state index contributed by atoms with van der Waals surface area (Å²) in [5, 5.41) is 2.81. The number of hydrogen-bond acceptors (Lipinski definition) is 4. The lowest BCUT2D eigenvalue weighted by Gasteiger charge is -2.09. The van der Waals surface area contributed by atoms with E-state index in [4.69, 9.17) is 4.74 Å². The molecule has 0 fully saturated rings. The second-order valence-electron chi connectivity index (χ2n) is 3.22.